The highest BCUT2D eigenvalue weighted by Gasteiger charge is 2.25. The number of rotatable bonds is 5. The number of hydrogen-bond donors (Lipinski definition) is 1. The quantitative estimate of drug-likeness (QED) is 0.656. The van der Waals surface area contributed by atoms with Gasteiger partial charge >= 0.3 is 5.97 Å². The molecule has 0 saturated carbocycles. The van der Waals surface area contributed by atoms with E-state index in [2.05, 4.69) is 22.5 Å². The van der Waals surface area contributed by atoms with Gasteiger partial charge in [-0.25, -0.2) is 9.48 Å². The molecule has 6 nitrogen and oxygen atoms in total. The highest BCUT2D eigenvalue weighted by molar-refractivity contribution is 5.92. The molecule has 154 valence electrons. The molecule has 0 unspecified atom stereocenters. The van der Waals surface area contributed by atoms with Gasteiger partial charge in [0.05, 0.1) is 17.3 Å². The molecule has 1 N–H and O–H groups in total. The first-order valence-corrected chi connectivity index (χ1v) is 10.2. The Balaban J connectivity index is 1.38. The second-order valence-electron chi connectivity index (χ2n) is 7.63. The van der Waals surface area contributed by atoms with Gasteiger partial charge in [0.2, 0.25) is 0 Å². The molecular weight excluding hydrogens is 378 g/mol. The van der Waals surface area contributed by atoms with E-state index in [1.807, 2.05) is 25.1 Å². The minimum absolute atomic E-state index is 0.0415. The van der Waals surface area contributed by atoms with Gasteiger partial charge in [-0.1, -0.05) is 24.3 Å². The molecule has 0 bridgehead atoms. The van der Waals surface area contributed by atoms with Crippen LogP contribution in [0.1, 0.15) is 53.0 Å². The predicted octanol–water partition coefficient (Wildman–Crippen LogP) is 3.92. The highest BCUT2D eigenvalue weighted by Crippen LogP contribution is 2.29. The smallest absolute Gasteiger partial charge is 0.338 e. The van der Waals surface area contributed by atoms with E-state index < -0.39 is 12.1 Å². The number of aryl methyl sites for hydroxylation is 2. The zero-order valence-corrected chi connectivity index (χ0v) is 17.2. The summed E-state index contributed by atoms with van der Waals surface area (Å²) in [7, 11) is 0. The van der Waals surface area contributed by atoms with Crippen molar-refractivity contribution in [3.05, 3.63) is 83.2 Å². The van der Waals surface area contributed by atoms with E-state index in [1.165, 1.54) is 5.56 Å². The number of nitrogens with zero attached hydrogens (tertiary/aromatic N) is 2. The molecule has 0 radical (unpaired) electrons. The fourth-order valence-electron chi connectivity index (χ4n) is 3.85. The van der Waals surface area contributed by atoms with Crippen molar-refractivity contribution in [2.75, 3.05) is 0 Å². The van der Waals surface area contributed by atoms with Gasteiger partial charge in [-0.15, -0.1) is 0 Å². The summed E-state index contributed by atoms with van der Waals surface area (Å²) in [6.45, 7) is 3.56. The van der Waals surface area contributed by atoms with E-state index in [1.54, 1.807) is 42.1 Å². The molecule has 1 heterocycles. The van der Waals surface area contributed by atoms with Gasteiger partial charge in [0, 0.05) is 11.9 Å². The van der Waals surface area contributed by atoms with E-state index >= 15 is 0 Å². The molecule has 0 spiro atoms. The third-order valence-corrected chi connectivity index (χ3v) is 5.52. The molecule has 2 aromatic carbocycles. The van der Waals surface area contributed by atoms with Crippen molar-refractivity contribution in [2.45, 2.75) is 45.3 Å². The summed E-state index contributed by atoms with van der Waals surface area (Å²) in [6, 6.07) is 17.0. The molecular formula is C24H25N3O3. The van der Waals surface area contributed by atoms with Crippen molar-refractivity contribution in [1.82, 2.24) is 15.1 Å². The van der Waals surface area contributed by atoms with Gasteiger partial charge in [-0.05, 0) is 74.6 Å². The van der Waals surface area contributed by atoms with Crippen LogP contribution in [0, 0.1) is 6.92 Å². The number of benzene rings is 2. The van der Waals surface area contributed by atoms with Crippen LogP contribution >= 0.6 is 0 Å². The third-order valence-electron chi connectivity index (χ3n) is 5.52. The number of fused-ring (bicyclic) bond motifs is 1. The maximum Gasteiger partial charge on any atom is 0.338 e. The number of hydrogen-bond acceptors (Lipinski definition) is 4. The number of esters is 1. The molecule has 1 aromatic heterocycles. The molecule has 2 atom stereocenters. The second-order valence-corrected chi connectivity index (χ2v) is 7.63. The van der Waals surface area contributed by atoms with Crippen LogP contribution in [0.4, 0.5) is 0 Å². The Morgan fingerprint density at radius 3 is 2.63 bits per heavy atom. The topological polar surface area (TPSA) is 73.2 Å². The predicted molar refractivity (Wildman–Crippen MR) is 113 cm³/mol. The minimum Gasteiger partial charge on any atom is -0.449 e. The molecule has 6 heteroatoms. The lowest BCUT2D eigenvalue weighted by atomic mass is 9.87. The average molecular weight is 403 g/mol. The Morgan fingerprint density at radius 2 is 1.90 bits per heavy atom. The summed E-state index contributed by atoms with van der Waals surface area (Å²) in [4.78, 5) is 25.1. The van der Waals surface area contributed by atoms with Crippen LogP contribution in [0.15, 0.2) is 60.8 Å². The number of aromatic nitrogens is 2. The molecule has 1 aliphatic rings. The maximum absolute atomic E-state index is 12.6. The molecule has 0 fully saturated rings. The van der Waals surface area contributed by atoms with Crippen LogP contribution in [-0.2, 0) is 16.0 Å². The minimum atomic E-state index is -0.875. The summed E-state index contributed by atoms with van der Waals surface area (Å²) in [5.41, 5.74) is 4.67. The van der Waals surface area contributed by atoms with Gasteiger partial charge in [-0.3, -0.25) is 4.79 Å². The second kappa shape index (κ2) is 8.53. The molecule has 1 aliphatic carbocycles. The summed E-state index contributed by atoms with van der Waals surface area (Å²) in [6.07, 6.45) is 3.79. The van der Waals surface area contributed by atoms with Crippen LogP contribution in [0.2, 0.25) is 0 Å². The highest BCUT2D eigenvalue weighted by atomic mass is 16.5. The van der Waals surface area contributed by atoms with Crippen molar-refractivity contribution in [1.29, 1.82) is 0 Å². The van der Waals surface area contributed by atoms with Crippen LogP contribution in [-0.4, -0.2) is 27.8 Å². The Bertz CT molecular complexity index is 1060. The summed E-state index contributed by atoms with van der Waals surface area (Å²) < 4.78 is 7.19. The molecule has 0 saturated heterocycles. The lowest BCUT2D eigenvalue weighted by molar-refractivity contribution is -0.130. The summed E-state index contributed by atoms with van der Waals surface area (Å²) in [5.74, 6) is -0.806. The number of ether oxygens (including phenoxy) is 1. The van der Waals surface area contributed by atoms with Gasteiger partial charge in [-0.2, -0.15) is 5.10 Å². The lowest BCUT2D eigenvalue weighted by Gasteiger charge is -2.27. The summed E-state index contributed by atoms with van der Waals surface area (Å²) >= 11 is 0. The fourth-order valence-corrected chi connectivity index (χ4v) is 3.85. The Labute approximate surface area is 175 Å². The molecule has 1 amide bonds. The number of carbonyl (C=O) groups is 2. The van der Waals surface area contributed by atoms with E-state index in [0.717, 1.165) is 36.2 Å². The van der Waals surface area contributed by atoms with E-state index in [4.69, 9.17) is 4.74 Å². The molecule has 4 rings (SSSR count). The van der Waals surface area contributed by atoms with E-state index in [-0.39, 0.29) is 11.9 Å². The maximum atomic E-state index is 12.6. The normalized spacial score (nSPS) is 16.4. The van der Waals surface area contributed by atoms with Gasteiger partial charge < -0.3 is 10.1 Å². The van der Waals surface area contributed by atoms with Crippen molar-refractivity contribution in [3.63, 3.8) is 0 Å². The Hall–Kier alpha value is -3.41. The van der Waals surface area contributed by atoms with Crippen molar-refractivity contribution in [2.24, 2.45) is 0 Å². The van der Waals surface area contributed by atoms with Crippen molar-refractivity contribution < 1.29 is 14.3 Å². The average Bonchev–Trinajstić information content (AvgIpc) is 3.20. The van der Waals surface area contributed by atoms with Gasteiger partial charge in [0.25, 0.3) is 5.91 Å². The monoisotopic (exact) mass is 403 g/mol. The molecule has 0 aliphatic heterocycles. The number of carbonyl (C=O) groups excluding carboxylic acids is 2. The first kappa shape index (κ1) is 19.9. The lowest BCUT2D eigenvalue weighted by Crippen LogP contribution is -2.39. The standard InChI is InChI=1S/C24H25N3O3/c1-16-14-15-25-27(16)20-12-10-19(11-13-20)24(29)30-17(2)23(28)26-22-9-5-7-18-6-3-4-8-21(18)22/h3-4,6,8,10-15,17,22H,5,7,9H2,1-2H3,(H,26,28)/t17-,22-/m0/s1. The van der Waals surface area contributed by atoms with Crippen LogP contribution in [0.5, 0.6) is 0 Å². The third kappa shape index (κ3) is 4.13. The van der Waals surface area contributed by atoms with Crippen LogP contribution < -0.4 is 5.32 Å². The SMILES string of the molecule is Cc1ccnn1-c1ccc(C(=O)O[C@@H](C)C(=O)N[C@H]2CCCc3ccccc32)cc1. The Morgan fingerprint density at radius 1 is 1.13 bits per heavy atom. The zero-order chi connectivity index (χ0) is 21.1. The van der Waals surface area contributed by atoms with Gasteiger partial charge in [0.15, 0.2) is 6.10 Å². The van der Waals surface area contributed by atoms with E-state index in [0.29, 0.717) is 5.56 Å². The largest absolute Gasteiger partial charge is 0.449 e. The molecule has 30 heavy (non-hydrogen) atoms. The first-order valence-electron chi connectivity index (χ1n) is 10.2. The van der Waals surface area contributed by atoms with Gasteiger partial charge in [0.1, 0.15) is 0 Å². The summed E-state index contributed by atoms with van der Waals surface area (Å²) in [5, 5.41) is 7.29. The van der Waals surface area contributed by atoms with E-state index in [9.17, 15) is 9.59 Å². The zero-order valence-electron chi connectivity index (χ0n) is 17.2. The van der Waals surface area contributed by atoms with Crippen molar-refractivity contribution in [3.8, 4) is 5.69 Å². The van der Waals surface area contributed by atoms with Crippen LogP contribution in [0.3, 0.4) is 0 Å². The number of nitrogens with one attached hydrogen (secondary N) is 1. The number of amides is 1. The molecule has 3 aromatic rings. The first-order chi connectivity index (χ1) is 14.5. The Kier molecular flexibility index (Phi) is 5.65. The van der Waals surface area contributed by atoms with Crippen LogP contribution in [0.25, 0.3) is 5.69 Å². The van der Waals surface area contributed by atoms with Crippen molar-refractivity contribution >= 4 is 11.9 Å². The fraction of sp³-hybridized carbons (Fsp3) is 0.292.